The summed E-state index contributed by atoms with van der Waals surface area (Å²) >= 11 is 1.38. The van der Waals surface area contributed by atoms with Gasteiger partial charge in [-0.3, -0.25) is 4.79 Å². The molecule has 2 aromatic heterocycles. The number of thiophene rings is 1. The van der Waals surface area contributed by atoms with Crippen LogP contribution in [0.15, 0.2) is 6.33 Å². The third-order valence-electron chi connectivity index (χ3n) is 2.71. The minimum atomic E-state index is -0.0511. The summed E-state index contributed by atoms with van der Waals surface area (Å²) in [7, 11) is 0. The Morgan fingerprint density at radius 1 is 1.42 bits per heavy atom. The molecule has 0 fully saturated rings. The van der Waals surface area contributed by atoms with Crippen molar-refractivity contribution in [1.29, 1.82) is 0 Å². The Bertz CT molecular complexity index is 595. The lowest BCUT2D eigenvalue weighted by atomic mass is 10.2. The Balaban J connectivity index is 2.45. The zero-order chi connectivity index (χ0) is 13.8. The largest absolute Gasteiger partial charge is 0.477 e. The molecule has 0 radical (unpaired) electrons. The van der Waals surface area contributed by atoms with Gasteiger partial charge in [-0.05, 0) is 25.8 Å². The van der Waals surface area contributed by atoms with Crippen molar-refractivity contribution in [3.8, 4) is 5.88 Å². The lowest BCUT2D eigenvalue weighted by molar-refractivity contribution is 0.0957. The first-order chi connectivity index (χ1) is 9.19. The van der Waals surface area contributed by atoms with Crippen molar-refractivity contribution in [2.45, 2.75) is 27.2 Å². The number of carbonyl (C=O) groups is 1. The number of fused-ring (bicyclic) bond motifs is 1. The van der Waals surface area contributed by atoms with Gasteiger partial charge in [-0.1, -0.05) is 6.92 Å². The summed E-state index contributed by atoms with van der Waals surface area (Å²) in [5.41, 5.74) is 0.887. The van der Waals surface area contributed by atoms with Crippen LogP contribution in [0.25, 0.3) is 10.2 Å². The Hall–Kier alpha value is -1.69. The maximum Gasteiger partial charge on any atom is 0.261 e. The number of carbonyl (C=O) groups excluding carboxylic acids is 1. The van der Waals surface area contributed by atoms with E-state index in [1.807, 2.05) is 20.8 Å². The quantitative estimate of drug-likeness (QED) is 0.913. The minimum absolute atomic E-state index is 0.0511. The first-order valence-corrected chi connectivity index (χ1v) is 7.15. The second-order valence-corrected chi connectivity index (χ2v) is 5.10. The molecule has 2 aromatic rings. The molecule has 0 saturated heterocycles. The number of nitrogens with one attached hydrogen (secondary N) is 1. The van der Waals surface area contributed by atoms with Crippen molar-refractivity contribution in [2.24, 2.45) is 0 Å². The van der Waals surface area contributed by atoms with Crippen LogP contribution < -0.4 is 10.1 Å². The predicted octanol–water partition coefficient (Wildman–Crippen LogP) is 2.54. The van der Waals surface area contributed by atoms with Crippen LogP contribution in [0.4, 0.5) is 0 Å². The summed E-state index contributed by atoms with van der Waals surface area (Å²) < 4.78 is 5.50. The number of amides is 1. The van der Waals surface area contributed by atoms with E-state index in [0.717, 1.165) is 22.2 Å². The van der Waals surface area contributed by atoms with E-state index in [-0.39, 0.29) is 5.91 Å². The zero-order valence-electron chi connectivity index (χ0n) is 11.3. The SMILES string of the molecule is CCCNC(=O)c1sc2ncnc(OCC)c2c1C. The molecule has 2 heterocycles. The lowest BCUT2D eigenvalue weighted by Crippen LogP contribution is -2.23. The summed E-state index contributed by atoms with van der Waals surface area (Å²) in [6.07, 6.45) is 2.39. The van der Waals surface area contributed by atoms with Crippen molar-refractivity contribution < 1.29 is 9.53 Å². The average Bonchev–Trinajstić information content (AvgIpc) is 2.75. The van der Waals surface area contributed by atoms with E-state index in [4.69, 9.17) is 4.74 Å². The van der Waals surface area contributed by atoms with Gasteiger partial charge in [0, 0.05) is 6.54 Å². The molecule has 0 bridgehead atoms. The molecule has 5 nitrogen and oxygen atoms in total. The van der Waals surface area contributed by atoms with E-state index in [0.29, 0.717) is 23.9 Å². The van der Waals surface area contributed by atoms with Crippen molar-refractivity contribution in [2.75, 3.05) is 13.2 Å². The first-order valence-electron chi connectivity index (χ1n) is 6.34. The Labute approximate surface area is 116 Å². The van der Waals surface area contributed by atoms with E-state index in [2.05, 4.69) is 15.3 Å². The third-order valence-corrected chi connectivity index (χ3v) is 3.91. The van der Waals surface area contributed by atoms with Crippen molar-refractivity contribution >= 4 is 27.5 Å². The standard InChI is InChI=1S/C13H17N3O2S/c1-4-6-14-11(17)10-8(3)9-12(18-5-2)15-7-16-13(9)19-10/h7H,4-6H2,1-3H3,(H,14,17). The first kappa shape index (κ1) is 13.7. The second kappa shape index (κ2) is 5.97. The summed E-state index contributed by atoms with van der Waals surface area (Å²) in [5.74, 6) is 0.501. The summed E-state index contributed by atoms with van der Waals surface area (Å²) in [4.78, 5) is 21.9. The third kappa shape index (κ3) is 2.68. The highest BCUT2D eigenvalue weighted by Crippen LogP contribution is 2.34. The summed E-state index contributed by atoms with van der Waals surface area (Å²) in [6, 6.07) is 0. The second-order valence-electron chi connectivity index (χ2n) is 4.10. The maximum atomic E-state index is 12.1. The van der Waals surface area contributed by atoms with E-state index in [1.54, 1.807) is 0 Å². The fraction of sp³-hybridized carbons (Fsp3) is 0.462. The molecular weight excluding hydrogens is 262 g/mol. The van der Waals surface area contributed by atoms with Gasteiger partial charge in [-0.2, -0.15) is 0 Å². The smallest absolute Gasteiger partial charge is 0.261 e. The average molecular weight is 279 g/mol. The zero-order valence-corrected chi connectivity index (χ0v) is 12.1. The number of aromatic nitrogens is 2. The monoisotopic (exact) mass is 279 g/mol. The van der Waals surface area contributed by atoms with Crippen molar-refractivity contribution in [3.63, 3.8) is 0 Å². The van der Waals surface area contributed by atoms with Crippen LogP contribution in [-0.2, 0) is 0 Å². The molecule has 0 spiro atoms. The number of rotatable bonds is 5. The molecule has 0 aliphatic rings. The molecule has 102 valence electrons. The molecule has 0 aliphatic carbocycles. The molecule has 0 aromatic carbocycles. The van der Waals surface area contributed by atoms with Crippen molar-refractivity contribution in [1.82, 2.24) is 15.3 Å². The van der Waals surface area contributed by atoms with Crippen LogP contribution in [-0.4, -0.2) is 29.0 Å². The highest BCUT2D eigenvalue weighted by molar-refractivity contribution is 7.20. The molecule has 6 heteroatoms. The maximum absolute atomic E-state index is 12.1. The van der Waals surface area contributed by atoms with Crippen LogP contribution in [0.1, 0.15) is 35.5 Å². The van der Waals surface area contributed by atoms with E-state index in [9.17, 15) is 4.79 Å². The Morgan fingerprint density at radius 2 is 2.21 bits per heavy atom. The van der Waals surface area contributed by atoms with Gasteiger partial charge >= 0.3 is 0 Å². The predicted molar refractivity (Wildman–Crippen MR) is 75.9 cm³/mol. The van der Waals surface area contributed by atoms with E-state index >= 15 is 0 Å². The van der Waals surface area contributed by atoms with Crippen LogP contribution in [0.5, 0.6) is 5.88 Å². The van der Waals surface area contributed by atoms with Gasteiger partial charge < -0.3 is 10.1 Å². The normalized spacial score (nSPS) is 10.7. The molecule has 2 rings (SSSR count). The number of hydrogen-bond acceptors (Lipinski definition) is 5. The van der Waals surface area contributed by atoms with Crippen molar-refractivity contribution in [3.05, 3.63) is 16.8 Å². The van der Waals surface area contributed by atoms with Crippen LogP contribution in [0.3, 0.4) is 0 Å². The molecule has 0 aliphatic heterocycles. The lowest BCUT2D eigenvalue weighted by Gasteiger charge is -2.04. The van der Waals surface area contributed by atoms with Gasteiger partial charge in [0.15, 0.2) is 0 Å². The summed E-state index contributed by atoms with van der Waals surface area (Å²) in [6.45, 7) is 7.06. The molecule has 1 amide bonds. The number of hydrogen-bond donors (Lipinski definition) is 1. The molecule has 0 saturated carbocycles. The molecule has 1 N–H and O–H groups in total. The summed E-state index contributed by atoms with van der Waals surface area (Å²) in [5, 5.41) is 3.73. The fourth-order valence-electron chi connectivity index (χ4n) is 1.82. The number of aryl methyl sites for hydroxylation is 1. The highest BCUT2D eigenvalue weighted by atomic mass is 32.1. The molecule has 0 unspecified atom stereocenters. The van der Waals surface area contributed by atoms with Crippen LogP contribution in [0, 0.1) is 6.92 Å². The number of nitrogens with zero attached hydrogens (tertiary/aromatic N) is 2. The molecule has 19 heavy (non-hydrogen) atoms. The van der Waals surface area contributed by atoms with Gasteiger partial charge in [0.1, 0.15) is 11.2 Å². The van der Waals surface area contributed by atoms with Gasteiger partial charge in [0.2, 0.25) is 5.88 Å². The van der Waals surface area contributed by atoms with Crippen LogP contribution >= 0.6 is 11.3 Å². The Kier molecular flexibility index (Phi) is 4.31. The van der Waals surface area contributed by atoms with Gasteiger partial charge in [0.05, 0.1) is 16.9 Å². The molecular formula is C13H17N3O2S. The highest BCUT2D eigenvalue weighted by Gasteiger charge is 2.19. The van der Waals surface area contributed by atoms with Gasteiger partial charge in [-0.25, -0.2) is 9.97 Å². The fourth-order valence-corrected chi connectivity index (χ4v) is 2.88. The Morgan fingerprint density at radius 3 is 2.89 bits per heavy atom. The van der Waals surface area contributed by atoms with E-state index in [1.165, 1.54) is 17.7 Å². The van der Waals surface area contributed by atoms with Gasteiger partial charge in [-0.15, -0.1) is 11.3 Å². The molecule has 0 atom stereocenters. The number of ether oxygens (including phenoxy) is 1. The van der Waals surface area contributed by atoms with Gasteiger partial charge in [0.25, 0.3) is 5.91 Å². The topological polar surface area (TPSA) is 64.1 Å². The minimum Gasteiger partial charge on any atom is -0.477 e. The van der Waals surface area contributed by atoms with E-state index < -0.39 is 0 Å². The van der Waals surface area contributed by atoms with Crippen LogP contribution in [0.2, 0.25) is 0 Å².